The van der Waals surface area contributed by atoms with E-state index in [1.54, 1.807) is 6.08 Å². The normalized spacial score (nSPS) is 18.5. The Balaban J connectivity index is 1.49. The summed E-state index contributed by atoms with van der Waals surface area (Å²) in [6.45, 7) is 2.50. The molecule has 2 aromatic rings. The Morgan fingerprint density at radius 2 is 1.71 bits per heavy atom. The molecule has 1 aliphatic heterocycles. The van der Waals surface area contributed by atoms with E-state index in [0.29, 0.717) is 18.1 Å². The summed E-state index contributed by atoms with van der Waals surface area (Å²) in [5.74, 6) is 0.442. The zero-order valence-electron chi connectivity index (χ0n) is 17.3. The molecule has 2 aromatic carbocycles. The number of carbonyl (C=O) groups is 2. The van der Waals surface area contributed by atoms with E-state index in [-0.39, 0.29) is 18.0 Å². The lowest BCUT2D eigenvalue weighted by atomic mass is 9.94. The number of hydrogen-bond acceptors (Lipinski definition) is 3. The number of nitrogens with one attached hydrogen (secondary N) is 1. The molecule has 2 aliphatic rings. The minimum Gasteiger partial charge on any atom is -0.487 e. The standard InChI is InChI=1S/C24H24Br2N2O3/c1-15-7-9-16(10-8-15)14-31-22-19(25)11-17(12-20(22)26)13-21-23(29)28(24(30)27-21)18-5-3-2-4-6-18/h7-13,18H,2-6,14H2,1H3,(H,27,30)/b21-13-. The van der Waals surface area contributed by atoms with Gasteiger partial charge in [-0.2, -0.15) is 0 Å². The largest absolute Gasteiger partial charge is 0.487 e. The van der Waals surface area contributed by atoms with Crippen LogP contribution >= 0.6 is 31.9 Å². The molecule has 0 unspecified atom stereocenters. The Morgan fingerprint density at radius 3 is 2.35 bits per heavy atom. The molecular weight excluding hydrogens is 524 g/mol. The van der Waals surface area contributed by atoms with Crippen LogP contribution in [0.2, 0.25) is 0 Å². The lowest BCUT2D eigenvalue weighted by molar-refractivity contribution is -0.124. The third kappa shape index (κ3) is 5.04. The van der Waals surface area contributed by atoms with Gasteiger partial charge in [-0.25, -0.2) is 4.79 Å². The second-order valence-electron chi connectivity index (χ2n) is 8.04. The fraction of sp³-hybridized carbons (Fsp3) is 0.333. The van der Waals surface area contributed by atoms with Crippen molar-refractivity contribution in [2.45, 2.75) is 51.7 Å². The van der Waals surface area contributed by atoms with Crippen LogP contribution in [-0.2, 0) is 11.4 Å². The lowest BCUT2D eigenvalue weighted by Crippen LogP contribution is -2.41. The second kappa shape index (κ2) is 9.57. The van der Waals surface area contributed by atoms with Crippen molar-refractivity contribution in [1.82, 2.24) is 10.2 Å². The second-order valence-corrected chi connectivity index (χ2v) is 9.75. The number of aryl methyl sites for hydroxylation is 1. The molecule has 1 heterocycles. The van der Waals surface area contributed by atoms with Gasteiger partial charge in [-0.1, -0.05) is 49.1 Å². The maximum absolute atomic E-state index is 12.9. The molecule has 0 aromatic heterocycles. The van der Waals surface area contributed by atoms with Gasteiger partial charge < -0.3 is 10.1 Å². The third-order valence-corrected chi connectivity index (χ3v) is 6.86. The molecule has 1 aliphatic carbocycles. The smallest absolute Gasteiger partial charge is 0.329 e. The van der Waals surface area contributed by atoms with E-state index in [2.05, 4.69) is 56.2 Å². The first-order valence-electron chi connectivity index (χ1n) is 10.5. The Labute approximate surface area is 199 Å². The number of imide groups is 1. The van der Waals surface area contributed by atoms with E-state index in [1.807, 2.05) is 24.3 Å². The average Bonchev–Trinajstić information content (AvgIpc) is 3.02. The van der Waals surface area contributed by atoms with E-state index in [0.717, 1.165) is 45.8 Å². The molecule has 0 bridgehead atoms. The van der Waals surface area contributed by atoms with Crippen molar-refractivity contribution >= 4 is 49.9 Å². The highest BCUT2D eigenvalue weighted by atomic mass is 79.9. The Hall–Kier alpha value is -2.12. The van der Waals surface area contributed by atoms with Gasteiger partial charge in [0, 0.05) is 6.04 Å². The Bertz CT molecular complexity index is 1000. The van der Waals surface area contributed by atoms with E-state index >= 15 is 0 Å². The summed E-state index contributed by atoms with van der Waals surface area (Å²) >= 11 is 7.13. The third-order valence-electron chi connectivity index (χ3n) is 5.68. The van der Waals surface area contributed by atoms with Crippen LogP contribution in [0.3, 0.4) is 0 Å². The van der Waals surface area contributed by atoms with Crippen LogP contribution in [0.4, 0.5) is 4.79 Å². The van der Waals surface area contributed by atoms with Crippen LogP contribution in [0.15, 0.2) is 51.0 Å². The summed E-state index contributed by atoms with van der Waals surface area (Å²) in [6, 6.07) is 11.6. The van der Waals surface area contributed by atoms with Crippen LogP contribution in [-0.4, -0.2) is 22.9 Å². The van der Waals surface area contributed by atoms with Crippen molar-refractivity contribution < 1.29 is 14.3 Å². The molecule has 0 spiro atoms. The topological polar surface area (TPSA) is 58.6 Å². The van der Waals surface area contributed by atoms with Crippen LogP contribution in [0.25, 0.3) is 6.08 Å². The number of rotatable bonds is 5. The molecular formula is C24H24Br2N2O3. The predicted octanol–water partition coefficient (Wildman–Crippen LogP) is 6.32. The number of amides is 3. The van der Waals surface area contributed by atoms with Crippen molar-refractivity contribution in [3.8, 4) is 5.75 Å². The van der Waals surface area contributed by atoms with E-state index < -0.39 is 0 Å². The SMILES string of the molecule is Cc1ccc(COc2c(Br)cc(/C=C3\NC(=O)N(C4CCCCC4)C3=O)cc2Br)cc1. The van der Waals surface area contributed by atoms with Gasteiger partial charge in [0.2, 0.25) is 0 Å². The maximum Gasteiger partial charge on any atom is 0.329 e. The number of hydrogen-bond donors (Lipinski definition) is 1. The van der Waals surface area contributed by atoms with Gasteiger partial charge >= 0.3 is 6.03 Å². The van der Waals surface area contributed by atoms with Crippen LogP contribution in [0.5, 0.6) is 5.75 Å². The monoisotopic (exact) mass is 546 g/mol. The minimum atomic E-state index is -0.320. The summed E-state index contributed by atoms with van der Waals surface area (Å²) in [5.41, 5.74) is 3.38. The van der Waals surface area contributed by atoms with Gasteiger partial charge in [-0.15, -0.1) is 0 Å². The lowest BCUT2D eigenvalue weighted by Gasteiger charge is -2.28. The number of benzene rings is 2. The highest BCUT2D eigenvalue weighted by Gasteiger charge is 2.38. The van der Waals surface area contributed by atoms with Crippen molar-refractivity contribution in [2.75, 3.05) is 0 Å². The molecule has 1 saturated carbocycles. The number of ether oxygens (including phenoxy) is 1. The van der Waals surface area contributed by atoms with Gasteiger partial charge in [-0.05, 0) is 81.0 Å². The molecule has 0 atom stereocenters. The summed E-state index contributed by atoms with van der Waals surface area (Å²) in [7, 11) is 0. The average molecular weight is 548 g/mol. The molecule has 3 amide bonds. The van der Waals surface area contributed by atoms with Crippen molar-refractivity contribution in [2.24, 2.45) is 0 Å². The number of carbonyl (C=O) groups excluding carboxylic acids is 2. The van der Waals surface area contributed by atoms with E-state index in [9.17, 15) is 9.59 Å². The van der Waals surface area contributed by atoms with Crippen molar-refractivity contribution in [1.29, 1.82) is 0 Å². The van der Waals surface area contributed by atoms with Crippen LogP contribution in [0, 0.1) is 6.92 Å². The highest BCUT2D eigenvalue weighted by molar-refractivity contribution is 9.11. The van der Waals surface area contributed by atoms with Gasteiger partial charge in [0.25, 0.3) is 5.91 Å². The van der Waals surface area contributed by atoms with E-state index in [1.165, 1.54) is 16.9 Å². The first-order chi connectivity index (χ1) is 14.9. The number of nitrogens with zero attached hydrogens (tertiary/aromatic N) is 1. The first-order valence-corrected chi connectivity index (χ1v) is 12.0. The van der Waals surface area contributed by atoms with Gasteiger partial charge in [-0.3, -0.25) is 9.69 Å². The van der Waals surface area contributed by atoms with E-state index in [4.69, 9.17) is 4.74 Å². The Morgan fingerprint density at radius 1 is 1.06 bits per heavy atom. The fourth-order valence-corrected chi connectivity index (χ4v) is 5.48. The summed E-state index contributed by atoms with van der Waals surface area (Å²) < 4.78 is 7.52. The molecule has 0 radical (unpaired) electrons. The maximum atomic E-state index is 12.9. The molecule has 7 heteroatoms. The van der Waals surface area contributed by atoms with Crippen LogP contribution in [0.1, 0.15) is 48.8 Å². The van der Waals surface area contributed by atoms with Crippen molar-refractivity contribution in [3.63, 3.8) is 0 Å². The molecule has 31 heavy (non-hydrogen) atoms. The molecule has 2 fully saturated rings. The zero-order valence-corrected chi connectivity index (χ0v) is 20.5. The molecule has 4 rings (SSSR count). The molecule has 5 nitrogen and oxygen atoms in total. The highest BCUT2D eigenvalue weighted by Crippen LogP contribution is 2.36. The molecule has 1 N–H and O–H groups in total. The Kier molecular flexibility index (Phi) is 6.82. The predicted molar refractivity (Wildman–Crippen MR) is 128 cm³/mol. The summed E-state index contributed by atoms with van der Waals surface area (Å²) in [4.78, 5) is 26.7. The molecule has 162 valence electrons. The van der Waals surface area contributed by atoms with Crippen LogP contribution < -0.4 is 10.1 Å². The van der Waals surface area contributed by atoms with Crippen molar-refractivity contribution in [3.05, 3.63) is 67.7 Å². The summed E-state index contributed by atoms with van der Waals surface area (Å²) in [5, 5.41) is 2.74. The minimum absolute atomic E-state index is 0.00294. The molecule has 1 saturated heterocycles. The van der Waals surface area contributed by atoms with Gasteiger partial charge in [0.1, 0.15) is 18.1 Å². The first kappa shape index (κ1) is 22.1. The quantitative estimate of drug-likeness (QED) is 0.352. The summed E-state index contributed by atoms with van der Waals surface area (Å²) in [6.07, 6.45) is 6.77. The van der Waals surface area contributed by atoms with Gasteiger partial charge in [0.05, 0.1) is 8.95 Å². The number of halogens is 2. The number of urea groups is 1. The fourth-order valence-electron chi connectivity index (χ4n) is 4.03. The zero-order chi connectivity index (χ0) is 22.0. The van der Waals surface area contributed by atoms with Gasteiger partial charge in [0.15, 0.2) is 0 Å².